The lowest BCUT2D eigenvalue weighted by molar-refractivity contribution is -0.137. The fourth-order valence-electron chi connectivity index (χ4n) is 5.06. The average molecular weight is 1250 g/mol. The van der Waals surface area contributed by atoms with E-state index in [4.69, 9.17) is 54.9 Å². The molecule has 34 heteroatoms. The van der Waals surface area contributed by atoms with Gasteiger partial charge in [0.15, 0.2) is 9.84 Å². The molecule has 8 rings (SSSR count). The molecule has 5 saturated heterocycles. The molecule has 3 aromatic rings. The Labute approximate surface area is 486 Å². The molecule has 1 unspecified atom stereocenters. The summed E-state index contributed by atoms with van der Waals surface area (Å²) in [6, 6.07) is 7.64. The molecule has 0 aliphatic carbocycles. The number of pyridine rings is 1. The van der Waals surface area contributed by atoms with Crippen LogP contribution in [0.15, 0.2) is 49.4 Å². The van der Waals surface area contributed by atoms with Crippen LogP contribution >= 0.6 is 23.4 Å². The second-order valence-electron chi connectivity index (χ2n) is 16.5. The Kier molecular flexibility index (Phi) is 48.9. The van der Waals surface area contributed by atoms with Crippen LogP contribution in [0, 0.1) is 0 Å². The molecule has 0 spiro atoms. The van der Waals surface area contributed by atoms with E-state index in [1.54, 1.807) is 22.5 Å². The lowest BCUT2D eigenvalue weighted by Gasteiger charge is -2.25. The van der Waals surface area contributed by atoms with Gasteiger partial charge in [-0.3, -0.25) is 23.5 Å². The molecule has 0 bridgehead atoms. The van der Waals surface area contributed by atoms with E-state index in [0.717, 1.165) is 76.8 Å². The number of carbonyl (C=O) groups is 1. The number of hydrogen-bond acceptors (Lipinski definition) is 26. The molecule has 0 aromatic carbocycles. The van der Waals surface area contributed by atoms with Gasteiger partial charge in [-0.2, -0.15) is 62.9 Å². The topological polar surface area (TPSA) is 317 Å². The van der Waals surface area contributed by atoms with Crippen LogP contribution in [0.4, 0.5) is 19.1 Å². The molecule has 81 heavy (non-hydrogen) atoms. The number of carbonyl (C=O) groups excluding carboxylic acids is 1. The summed E-state index contributed by atoms with van der Waals surface area (Å²) < 4.78 is 76.9. The number of rotatable bonds is 23. The summed E-state index contributed by atoms with van der Waals surface area (Å²) >= 11 is 7.51. The smallest absolute Gasteiger partial charge is 0.380 e. The van der Waals surface area contributed by atoms with Crippen LogP contribution in [-0.4, -0.2) is 198 Å². The van der Waals surface area contributed by atoms with Gasteiger partial charge in [-0.1, -0.05) is 17.7 Å². The van der Waals surface area contributed by atoms with Crippen molar-refractivity contribution in [3.8, 4) is 0 Å². The highest BCUT2D eigenvalue weighted by molar-refractivity contribution is 8.00. The van der Waals surface area contributed by atoms with Crippen LogP contribution in [0.3, 0.4) is 0 Å². The summed E-state index contributed by atoms with van der Waals surface area (Å²) in [5, 5.41) is 5.85. The Hall–Kier alpha value is -3.43. The van der Waals surface area contributed by atoms with Crippen molar-refractivity contribution < 1.29 is 73.9 Å². The third-order valence-electron chi connectivity index (χ3n) is 9.09. The number of alkyl halides is 3. The fraction of sp³-hybridized carbons (Fsp3) is 0.745. The minimum Gasteiger partial charge on any atom is -0.380 e. The van der Waals surface area contributed by atoms with E-state index in [0.29, 0.717) is 68.1 Å². The van der Waals surface area contributed by atoms with Crippen molar-refractivity contribution in [2.45, 2.75) is 105 Å². The van der Waals surface area contributed by atoms with E-state index in [1.165, 1.54) is 30.2 Å². The van der Waals surface area contributed by atoms with E-state index in [1.807, 2.05) is 85.5 Å². The molecule has 0 radical (unpaired) electrons. The summed E-state index contributed by atoms with van der Waals surface area (Å²) in [5.41, 5.74) is 20.5. The van der Waals surface area contributed by atoms with Crippen LogP contribution in [0.25, 0.3) is 0 Å². The number of thioether (sulfide) groups is 1. The highest BCUT2D eigenvalue weighted by Gasteiger charge is 2.33. The van der Waals surface area contributed by atoms with Gasteiger partial charge in [-0.25, -0.2) is 28.8 Å². The Morgan fingerprint density at radius 3 is 1.65 bits per heavy atom. The maximum Gasteiger partial charge on any atom is 0.405 e. The molecule has 8 N–H and O–H groups in total. The van der Waals surface area contributed by atoms with Gasteiger partial charge in [0.05, 0.1) is 137 Å². The van der Waals surface area contributed by atoms with Crippen molar-refractivity contribution >= 4 is 55.9 Å². The first kappa shape index (κ1) is 77.6. The van der Waals surface area contributed by atoms with Gasteiger partial charge >= 0.3 is 6.18 Å². The first-order valence-corrected chi connectivity index (χ1v) is 31.0. The summed E-state index contributed by atoms with van der Waals surface area (Å²) in [5.74, 6) is 4.09. The number of halogens is 4. The van der Waals surface area contributed by atoms with Gasteiger partial charge in [0.25, 0.3) is 0 Å². The Balaban J connectivity index is 0.000000892. The van der Waals surface area contributed by atoms with Crippen molar-refractivity contribution in [1.82, 2.24) is 67.9 Å². The second-order valence-corrected chi connectivity index (χ2v) is 21.7. The monoisotopic (exact) mass is 1240 g/mol. The number of hydrogen-bond donors (Lipinski definition) is 8. The number of hydroxylamine groups is 6. The van der Waals surface area contributed by atoms with Crippen molar-refractivity contribution in [2.24, 2.45) is 7.05 Å². The summed E-state index contributed by atoms with van der Waals surface area (Å²) in [6.45, 7) is 21.8. The lowest BCUT2D eigenvalue weighted by atomic mass is 10.3. The Morgan fingerprint density at radius 1 is 0.753 bits per heavy atom. The van der Waals surface area contributed by atoms with Crippen molar-refractivity contribution in [1.29, 1.82) is 0 Å². The van der Waals surface area contributed by atoms with Gasteiger partial charge in [0, 0.05) is 60.6 Å². The maximum atomic E-state index is 11.2. The standard InChI is InChI=1S/C8H12N2O.C6H8ClN3O.C6H13NO2.C5H11NO3S.C5H11NO2S.C5H11NO2.C5H11NOS.C4H6F3NO.C3H5N3/c1-2-11-10-7-8-5-3-4-6-9-8;1-2-11-10-6-8-3-5(7)4-9-6;1-2-9-7-6-3-4-8-5-6;1-2-9-6-5-3-10(7,8)4-5;1-2-8-6-5-3-9(7)4-5;1-2-8-6-5-3-7-4-5;1-2-7-6-5-3-8-4-5;1-3(9)8-2-4(5,6)7;1-6-3-4-2-5-6/h3-6,10H,2,7H2,1H3;3-4H,2H2,1H3,(H,8,9,10);6-7H,2-5H2,1H3;5-6H,2-4H2,1H3;5-6H,2-4H2,1H3;2*5-6H,2-4H2,1H3;2H2,1H3,(H,8,9);2-3H,1H3. The molecule has 5 aliphatic rings. The van der Waals surface area contributed by atoms with Gasteiger partial charge in [0.2, 0.25) is 11.9 Å². The van der Waals surface area contributed by atoms with E-state index in [-0.39, 0.29) is 17.5 Å². The van der Waals surface area contributed by atoms with Crippen LogP contribution in [-0.2, 0) is 82.4 Å². The minimum absolute atomic E-state index is 0.0185. The fourth-order valence-corrected chi connectivity index (χ4v) is 7.97. The van der Waals surface area contributed by atoms with E-state index < -0.39 is 39.3 Å². The van der Waals surface area contributed by atoms with Gasteiger partial charge in [-0.05, 0) is 67.0 Å². The molecule has 0 saturated carbocycles. The normalized spacial score (nSPS) is 18.4. The predicted molar refractivity (Wildman–Crippen MR) is 304 cm³/mol. The molecule has 3 aromatic heterocycles. The SMILES string of the molecule is CC(=O)NCC(F)(F)F.CCONC1CCOC1.CCONC1COC1.CCONC1CS(=O)(=O)C1.CCONC1CS(=O)C1.CCONC1CSC1.CCONCc1ccccn1.CCONc1ncc(Cl)cn1.Cn1cncn1. The van der Waals surface area contributed by atoms with Crippen LogP contribution < -0.4 is 43.7 Å². The van der Waals surface area contributed by atoms with Gasteiger partial charge in [-0.15, -0.1) is 0 Å². The summed E-state index contributed by atoms with van der Waals surface area (Å²) in [7, 11) is -1.45. The Morgan fingerprint density at radius 2 is 1.28 bits per heavy atom. The first-order chi connectivity index (χ1) is 38.8. The molecule has 8 heterocycles. The Bertz CT molecular complexity index is 2000. The largest absolute Gasteiger partial charge is 0.405 e. The lowest BCUT2D eigenvalue weighted by Crippen LogP contribution is -2.50. The molecular formula is C47H88ClF3N14O13S3. The number of nitrogens with one attached hydrogen (secondary N) is 8. The van der Waals surface area contributed by atoms with E-state index in [2.05, 4.69) is 63.4 Å². The van der Waals surface area contributed by atoms with Crippen molar-refractivity contribution in [2.75, 3.05) is 119 Å². The van der Waals surface area contributed by atoms with Crippen LogP contribution in [0.1, 0.15) is 67.5 Å². The summed E-state index contributed by atoms with van der Waals surface area (Å²) in [4.78, 5) is 59.7. The zero-order chi connectivity index (χ0) is 60.4. The maximum absolute atomic E-state index is 11.2. The highest BCUT2D eigenvalue weighted by Crippen LogP contribution is 2.17. The third-order valence-corrected chi connectivity index (χ3v) is 13.9. The second kappa shape index (κ2) is 51.0. The number of sulfone groups is 1. The number of aryl methyl sites for hydroxylation is 1. The molecule has 1 amide bonds. The van der Waals surface area contributed by atoms with E-state index in [9.17, 15) is 30.6 Å². The number of anilines is 1. The molecule has 5 aliphatic heterocycles. The highest BCUT2D eigenvalue weighted by atomic mass is 35.5. The number of amides is 1. The molecule has 470 valence electrons. The van der Waals surface area contributed by atoms with Crippen molar-refractivity contribution in [3.63, 3.8) is 0 Å². The van der Waals surface area contributed by atoms with Gasteiger partial charge < -0.3 is 43.8 Å². The number of nitrogens with zero attached hydrogens (tertiary/aromatic N) is 6. The molecule has 1 atom stereocenters. The molecule has 5 fully saturated rings. The average Bonchev–Trinajstić information content (AvgIpc) is 4.12. The molecule has 27 nitrogen and oxygen atoms in total. The minimum atomic E-state index is -4.30. The summed E-state index contributed by atoms with van der Waals surface area (Å²) in [6.07, 6.45) is 4.67. The van der Waals surface area contributed by atoms with Crippen LogP contribution in [0.5, 0.6) is 0 Å². The zero-order valence-electron chi connectivity index (χ0n) is 47.9. The first-order valence-electron chi connectivity index (χ1n) is 26.2. The predicted octanol–water partition coefficient (Wildman–Crippen LogP) is 2.98. The zero-order valence-corrected chi connectivity index (χ0v) is 51.1. The molecular weight excluding hydrogens is 1160 g/mol. The number of ether oxygens (including phenoxy) is 2. The van der Waals surface area contributed by atoms with Crippen LogP contribution in [0.2, 0.25) is 5.02 Å². The quantitative estimate of drug-likeness (QED) is 0.0500. The van der Waals surface area contributed by atoms with Gasteiger partial charge in [0.1, 0.15) is 19.2 Å². The number of aromatic nitrogens is 6. The van der Waals surface area contributed by atoms with Crippen molar-refractivity contribution in [3.05, 3.63) is 60.2 Å². The third kappa shape index (κ3) is 48.6. The van der Waals surface area contributed by atoms with E-state index >= 15 is 0 Å².